The zero-order chi connectivity index (χ0) is 13.0. The number of rotatable bonds is 5. The van der Waals surface area contributed by atoms with E-state index in [9.17, 15) is 9.59 Å². The molecule has 1 N–H and O–H groups in total. The Labute approximate surface area is 106 Å². The van der Waals surface area contributed by atoms with Gasteiger partial charge in [-0.15, -0.1) is 0 Å². The molecule has 1 amide bonds. The third-order valence-corrected chi connectivity index (χ3v) is 3.07. The van der Waals surface area contributed by atoms with Crippen molar-refractivity contribution < 1.29 is 14.3 Å². The van der Waals surface area contributed by atoms with Gasteiger partial charge in [0.05, 0.1) is 6.61 Å². The molecule has 18 heavy (non-hydrogen) atoms. The fourth-order valence-electron chi connectivity index (χ4n) is 2.06. The quantitative estimate of drug-likeness (QED) is 0.802. The van der Waals surface area contributed by atoms with Gasteiger partial charge in [-0.1, -0.05) is 30.3 Å². The van der Waals surface area contributed by atoms with Crippen molar-refractivity contribution in [1.82, 2.24) is 5.32 Å². The summed E-state index contributed by atoms with van der Waals surface area (Å²) in [5, 5.41) is 2.62. The second kappa shape index (κ2) is 5.67. The number of carbonyl (C=O) groups excluding carboxylic acids is 2. The minimum absolute atomic E-state index is 0.00169. The van der Waals surface area contributed by atoms with Crippen molar-refractivity contribution in [1.29, 1.82) is 0 Å². The molecule has 2 unspecified atom stereocenters. The number of hydrogen-bond acceptors (Lipinski definition) is 3. The van der Waals surface area contributed by atoms with E-state index < -0.39 is 0 Å². The predicted octanol–water partition coefficient (Wildman–Crippen LogP) is 1.47. The lowest BCUT2D eigenvalue weighted by Crippen LogP contribution is -2.32. The lowest BCUT2D eigenvalue weighted by atomic mass is 10.1. The average Bonchev–Trinajstić information content (AvgIpc) is 3.18. The van der Waals surface area contributed by atoms with E-state index in [0.29, 0.717) is 12.5 Å². The summed E-state index contributed by atoms with van der Waals surface area (Å²) in [7, 11) is 0. The Hall–Kier alpha value is -1.84. The maximum absolute atomic E-state index is 11.8. The van der Waals surface area contributed by atoms with Gasteiger partial charge in [-0.3, -0.25) is 9.59 Å². The highest BCUT2D eigenvalue weighted by Gasteiger charge is 2.43. The molecular weight excluding hydrogens is 230 g/mol. The molecule has 96 valence electrons. The maximum atomic E-state index is 11.8. The Morgan fingerprint density at radius 3 is 2.72 bits per heavy atom. The summed E-state index contributed by atoms with van der Waals surface area (Å²) < 4.78 is 4.75. The number of ether oxygens (including phenoxy) is 1. The topological polar surface area (TPSA) is 55.4 Å². The fourth-order valence-corrected chi connectivity index (χ4v) is 2.06. The van der Waals surface area contributed by atoms with Crippen LogP contribution in [0.15, 0.2) is 30.3 Å². The number of amides is 1. The molecule has 4 nitrogen and oxygen atoms in total. The lowest BCUT2D eigenvalue weighted by molar-refractivity contribution is -0.143. The molecule has 1 aromatic rings. The van der Waals surface area contributed by atoms with Crippen molar-refractivity contribution >= 4 is 11.9 Å². The van der Waals surface area contributed by atoms with Crippen molar-refractivity contribution in [2.45, 2.75) is 19.3 Å². The minimum Gasteiger partial charge on any atom is -0.465 e. The van der Waals surface area contributed by atoms with E-state index in [1.807, 2.05) is 30.3 Å². The van der Waals surface area contributed by atoms with Gasteiger partial charge in [0.15, 0.2) is 0 Å². The lowest BCUT2D eigenvalue weighted by Gasteiger charge is -2.04. The van der Waals surface area contributed by atoms with Crippen molar-refractivity contribution in [2.75, 3.05) is 13.2 Å². The number of esters is 1. The molecule has 2 rings (SSSR count). The number of nitrogens with one attached hydrogen (secondary N) is 1. The zero-order valence-corrected chi connectivity index (χ0v) is 10.4. The first-order valence-corrected chi connectivity index (χ1v) is 6.20. The molecule has 0 radical (unpaired) electrons. The van der Waals surface area contributed by atoms with E-state index in [2.05, 4.69) is 5.32 Å². The summed E-state index contributed by atoms with van der Waals surface area (Å²) in [4.78, 5) is 22.9. The molecule has 0 aliphatic heterocycles. The van der Waals surface area contributed by atoms with Crippen LogP contribution in [0.2, 0.25) is 0 Å². The second-order valence-electron chi connectivity index (χ2n) is 4.38. The summed E-state index contributed by atoms with van der Waals surface area (Å²) in [6.07, 6.45) is 0.860. The number of hydrogen-bond donors (Lipinski definition) is 1. The van der Waals surface area contributed by atoms with Crippen LogP contribution in [-0.2, 0) is 14.3 Å². The van der Waals surface area contributed by atoms with E-state index in [4.69, 9.17) is 4.74 Å². The standard InChI is InChI=1S/C14H17NO3/c1-2-18-13(16)9-15-14(17)12-8-11(12)10-6-4-3-5-7-10/h3-7,11-12H,2,8-9H2,1H3,(H,15,17). The zero-order valence-electron chi connectivity index (χ0n) is 10.4. The molecule has 0 heterocycles. The Balaban J connectivity index is 1.78. The van der Waals surface area contributed by atoms with E-state index in [1.54, 1.807) is 6.92 Å². The van der Waals surface area contributed by atoms with Crippen molar-refractivity contribution in [3.8, 4) is 0 Å². The Morgan fingerprint density at radius 1 is 1.33 bits per heavy atom. The molecule has 0 bridgehead atoms. The van der Waals surface area contributed by atoms with Gasteiger partial charge < -0.3 is 10.1 Å². The molecule has 0 saturated heterocycles. The predicted molar refractivity (Wildman–Crippen MR) is 66.9 cm³/mol. The molecule has 0 spiro atoms. The monoisotopic (exact) mass is 247 g/mol. The van der Waals surface area contributed by atoms with Gasteiger partial charge in [0.25, 0.3) is 0 Å². The summed E-state index contributed by atoms with van der Waals surface area (Å²) in [6, 6.07) is 9.97. The van der Waals surface area contributed by atoms with Crippen LogP contribution in [0.25, 0.3) is 0 Å². The van der Waals surface area contributed by atoms with Crippen LogP contribution in [0.1, 0.15) is 24.8 Å². The van der Waals surface area contributed by atoms with Crippen molar-refractivity contribution in [3.63, 3.8) is 0 Å². The third kappa shape index (κ3) is 3.09. The van der Waals surface area contributed by atoms with Gasteiger partial charge in [-0.25, -0.2) is 0 Å². The smallest absolute Gasteiger partial charge is 0.325 e. The summed E-state index contributed by atoms with van der Waals surface area (Å²) >= 11 is 0. The van der Waals surface area contributed by atoms with Crippen LogP contribution in [-0.4, -0.2) is 25.0 Å². The fraction of sp³-hybridized carbons (Fsp3) is 0.429. The van der Waals surface area contributed by atoms with Crippen LogP contribution in [0.3, 0.4) is 0 Å². The van der Waals surface area contributed by atoms with Gasteiger partial charge in [0.2, 0.25) is 5.91 Å². The summed E-state index contributed by atoms with van der Waals surface area (Å²) in [5.41, 5.74) is 1.19. The van der Waals surface area contributed by atoms with Gasteiger partial charge >= 0.3 is 5.97 Å². The highest BCUT2D eigenvalue weighted by molar-refractivity contribution is 5.86. The second-order valence-corrected chi connectivity index (χ2v) is 4.38. The summed E-state index contributed by atoms with van der Waals surface area (Å²) in [6.45, 7) is 2.04. The van der Waals surface area contributed by atoms with E-state index in [1.165, 1.54) is 5.56 Å². The largest absolute Gasteiger partial charge is 0.465 e. The highest BCUT2D eigenvalue weighted by atomic mass is 16.5. The number of carbonyl (C=O) groups is 2. The highest BCUT2D eigenvalue weighted by Crippen LogP contribution is 2.47. The molecular formula is C14H17NO3. The van der Waals surface area contributed by atoms with E-state index in [0.717, 1.165) is 6.42 Å². The Bertz CT molecular complexity index is 430. The van der Waals surface area contributed by atoms with E-state index in [-0.39, 0.29) is 24.3 Å². The minimum atomic E-state index is -0.386. The molecule has 2 atom stereocenters. The molecule has 4 heteroatoms. The first-order chi connectivity index (χ1) is 8.72. The van der Waals surface area contributed by atoms with Crippen LogP contribution < -0.4 is 5.32 Å². The van der Waals surface area contributed by atoms with Gasteiger partial charge in [0.1, 0.15) is 6.54 Å². The Morgan fingerprint density at radius 2 is 2.06 bits per heavy atom. The average molecular weight is 247 g/mol. The molecule has 0 aromatic heterocycles. The van der Waals surface area contributed by atoms with Crippen LogP contribution >= 0.6 is 0 Å². The molecule has 1 aromatic carbocycles. The molecule has 1 aliphatic carbocycles. The number of benzene rings is 1. The van der Waals surface area contributed by atoms with Crippen LogP contribution in [0.5, 0.6) is 0 Å². The first kappa shape index (κ1) is 12.6. The summed E-state index contributed by atoms with van der Waals surface area (Å²) in [5.74, 6) is -0.144. The van der Waals surface area contributed by atoms with Crippen LogP contribution in [0, 0.1) is 5.92 Å². The SMILES string of the molecule is CCOC(=O)CNC(=O)C1CC1c1ccccc1. The molecule has 1 saturated carbocycles. The van der Waals surface area contributed by atoms with Gasteiger partial charge in [-0.2, -0.15) is 0 Å². The maximum Gasteiger partial charge on any atom is 0.325 e. The third-order valence-electron chi connectivity index (χ3n) is 3.07. The molecule has 1 aliphatic rings. The molecule has 1 fully saturated rings. The van der Waals surface area contributed by atoms with E-state index >= 15 is 0 Å². The van der Waals surface area contributed by atoms with Gasteiger partial charge in [-0.05, 0) is 24.8 Å². The van der Waals surface area contributed by atoms with Crippen molar-refractivity contribution in [3.05, 3.63) is 35.9 Å². The normalized spacial score (nSPS) is 21.2. The van der Waals surface area contributed by atoms with Crippen molar-refractivity contribution in [2.24, 2.45) is 5.92 Å². The first-order valence-electron chi connectivity index (χ1n) is 6.20. The Kier molecular flexibility index (Phi) is 3.97. The van der Waals surface area contributed by atoms with Gasteiger partial charge in [0, 0.05) is 5.92 Å². The van der Waals surface area contributed by atoms with Crippen LogP contribution in [0.4, 0.5) is 0 Å².